The Labute approximate surface area is 96.8 Å². The molecule has 0 aliphatic heterocycles. The zero-order valence-corrected chi connectivity index (χ0v) is 8.75. The highest BCUT2D eigenvalue weighted by atomic mass is 15.2. The van der Waals surface area contributed by atoms with Gasteiger partial charge in [0.2, 0.25) is 0 Å². The van der Waals surface area contributed by atoms with Crippen molar-refractivity contribution in [3.63, 3.8) is 0 Å². The lowest BCUT2D eigenvalue weighted by Crippen LogP contribution is -1.88. The van der Waals surface area contributed by atoms with Gasteiger partial charge in [0.05, 0.1) is 5.39 Å². The quantitative estimate of drug-likeness (QED) is 0.680. The van der Waals surface area contributed by atoms with Crippen LogP contribution in [0.2, 0.25) is 0 Å². The molecule has 5 nitrogen and oxygen atoms in total. The maximum atomic E-state index is 8.83. The number of hydrogen-bond acceptors (Lipinski definition) is 4. The van der Waals surface area contributed by atoms with E-state index in [4.69, 9.17) is 5.26 Å². The lowest BCUT2D eigenvalue weighted by molar-refractivity contribution is 1.08. The monoisotopic (exact) mass is 221 g/mol. The van der Waals surface area contributed by atoms with E-state index < -0.39 is 0 Å². The summed E-state index contributed by atoms with van der Waals surface area (Å²) in [5.41, 5.74) is 1.82. The van der Waals surface area contributed by atoms with Gasteiger partial charge >= 0.3 is 0 Å². The van der Waals surface area contributed by atoms with E-state index in [1.54, 1.807) is 6.20 Å². The number of benzene rings is 1. The molecule has 0 aliphatic carbocycles. The zero-order valence-electron chi connectivity index (χ0n) is 8.75. The van der Waals surface area contributed by atoms with Crippen LogP contribution in [0.4, 0.5) is 0 Å². The van der Waals surface area contributed by atoms with Crippen LogP contribution in [-0.4, -0.2) is 20.2 Å². The van der Waals surface area contributed by atoms with E-state index in [1.807, 2.05) is 36.4 Å². The second-order valence-corrected chi connectivity index (χ2v) is 3.51. The van der Waals surface area contributed by atoms with Gasteiger partial charge in [0.1, 0.15) is 11.8 Å². The van der Waals surface area contributed by atoms with Crippen LogP contribution in [0.15, 0.2) is 36.5 Å². The summed E-state index contributed by atoms with van der Waals surface area (Å²) in [6.45, 7) is 0. The van der Waals surface area contributed by atoms with Crippen molar-refractivity contribution >= 4 is 11.0 Å². The minimum Gasteiger partial charge on any atom is -0.265 e. The van der Waals surface area contributed by atoms with Gasteiger partial charge in [-0.2, -0.15) is 10.4 Å². The molecule has 0 saturated heterocycles. The van der Waals surface area contributed by atoms with E-state index in [0.29, 0.717) is 22.6 Å². The summed E-state index contributed by atoms with van der Waals surface area (Å²) in [6.07, 6.45) is 1.62. The molecule has 2 heterocycles. The normalized spacial score (nSPS) is 10.3. The van der Waals surface area contributed by atoms with Gasteiger partial charge in [-0.3, -0.25) is 5.10 Å². The van der Waals surface area contributed by atoms with Crippen molar-refractivity contribution in [2.75, 3.05) is 0 Å². The molecule has 0 saturated carbocycles. The van der Waals surface area contributed by atoms with Crippen molar-refractivity contribution in [2.24, 2.45) is 0 Å². The molecule has 0 aliphatic rings. The summed E-state index contributed by atoms with van der Waals surface area (Å²) in [4.78, 5) is 8.55. The largest absolute Gasteiger partial charge is 0.265 e. The smallest absolute Gasteiger partial charge is 0.185 e. The summed E-state index contributed by atoms with van der Waals surface area (Å²) in [5, 5.41) is 16.1. The van der Waals surface area contributed by atoms with Gasteiger partial charge in [-0.15, -0.1) is 0 Å². The molecule has 0 spiro atoms. The third-order valence-electron chi connectivity index (χ3n) is 2.46. The molecule has 0 fully saturated rings. The molecule has 80 valence electrons. The number of aromatic nitrogens is 4. The molecule has 0 amide bonds. The summed E-state index contributed by atoms with van der Waals surface area (Å²) in [5.74, 6) is 0.606. The molecule has 0 radical (unpaired) electrons. The fourth-order valence-electron chi connectivity index (χ4n) is 1.62. The predicted octanol–water partition coefficient (Wildman–Crippen LogP) is 1.89. The van der Waals surface area contributed by atoms with Crippen LogP contribution in [0.25, 0.3) is 22.4 Å². The summed E-state index contributed by atoms with van der Waals surface area (Å²) in [6, 6.07) is 11.7. The Morgan fingerprint density at radius 1 is 1.18 bits per heavy atom. The van der Waals surface area contributed by atoms with Crippen LogP contribution in [-0.2, 0) is 0 Å². The first-order chi connectivity index (χ1) is 8.38. The van der Waals surface area contributed by atoms with Crippen LogP contribution >= 0.6 is 0 Å². The van der Waals surface area contributed by atoms with E-state index in [-0.39, 0.29) is 0 Å². The Morgan fingerprint density at radius 2 is 2.00 bits per heavy atom. The van der Waals surface area contributed by atoms with Crippen molar-refractivity contribution in [1.29, 1.82) is 5.26 Å². The number of nitrogens with one attached hydrogen (secondary N) is 1. The number of rotatable bonds is 1. The third kappa shape index (κ3) is 1.52. The molecule has 0 atom stereocenters. The minimum absolute atomic E-state index is 0.389. The molecule has 0 unspecified atom stereocenters. The van der Waals surface area contributed by atoms with Gasteiger partial charge < -0.3 is 0 Å². The number of nitrogens with zero attached hydrogens (tertiary/aromatic N) is 4. The van der Waals surface area contributed by atoms with Crippen LogP contribution in [0, 0.1) is 11.3 Å². The maximum Gasteiger partial charge on any atom is 0.185 e. The molecule has 1 N–H and O–H groups in total. The second kappa shape index (κ2) is 3.68. The first kappa shape index (κ1) is 9.48. The van der Waals surface area contributed by atoms with E-state index in [1.165, 1.54) is 0 Å². The van der Waals surface area contributed by atoms with Crippen molar-refractivity contribution in [2.45, 2.75) is 0 Å². The van der Waals surface area contributed by atoms with E-state index in [0.717, 1.165) is 5.56 Å². The number of H-pyrrole nitrogens is 1. The molecule has 3 rings (SSSR count). The van der Waals surface area contributed by atoms with Crippen LogP contribution in [0.5, 0.6) is 0 Å². The van der Waals surface area contributed by atoms with E-state index in [9.17, 15) is 0 Å². The molecule has 5 heteroatoms. The van der Waals surface area contributed by atoms with Crippen molar-refractivity contribution in [3.8, 4) is 17.5 Å². The van der Waals surface area contributed by atoms with E-state index in [2.05, 4.69) is 20.2 Å². The Bertz CT molecular complexity index is 709. The molecule has 3 aromatic rings. The molecular weight excluding hydrogens is 214 g/mol. The number of aromatic amines is 1. The minimum atomic E-state index is 0.389. The van der Waals surface area contributed by atoms with Crippen molar-refractivity contribution in [3.05, 3.63) is 42.2 Å². The highest BCUT2D eigenvalue weighted by Crippen LogP contribution is 2.18. The van der Waals surface area contributed by atoms with Gasteiger partial charge in [0, 0.05) is 11.8 Å². The summed E-state index contributed by atoms with van der Waals surface area (Å²) < 4.78 is 0. The zero-order chi connectivity index (χ0) is 11.7. The average Bonchev–Trinajstić information content (AvgIpc) is 2.81. The SMILES string of the molecule is N#Cc1[nH]nc2nc(-c3ccccc3)ncc12. The van der Waals surface area contributed by atoms with Gasteiger partial charge in [-0.1, -0.05) is 30.3 Å². The van der Waals surface area contributed by atoms with Crippen molar-refractivity contribution in [1.82, 2.24) is 20.2 Å². The third-order valence-corrected chi connectivity index (χ3v) is 2.46. The Morgan fingerprint density at radius 3 is 2.76 bits per heavy atom. The van der Waals surface area contributed by atoms with E-state index >= 15 is 0 Å². The summed E-state index contributed by atoms with van der Waals surface area (Å²) >= 11 is 0. The maximum absolute atomic E-state index is 8.83. The Hall–Kier alpha value is -2.74. The van der Waals surface area contributed by atoms with Gasteiger partial charge in [-0.25, -0.2) is 9.97 Å². The standard InChI is InChI=1S/C12H7N5/c13-6-10-9-7-14-11(15-12(9)17-16-10)8-4-2-1-3-5-8/h1-5,7H,(H,14,15,16,17). The Kier molecular flexibility index (Phi) is 2.06. The van der Waals surface area contributed by atoms with Crippen LogP contribution in [0.3, 0.4) is 0 Å². The van der Waals surface area contributed by atoms with Crippen LogP contribution in [0.1, 0.15) is 5.69 Å². The van der Waals surface area contributed by atoms with Gasteiger partial charge in [-0.05, 0) is 0 Å². The topological polar surface area (TPSA) is 78.2 Å². The highest BCUT2D eigenvalue weighted by Gasteiger charge is 2.08. The van der Waals surface area contributed by atoms with Crippen LogP contribution < -0.4 is 0 Å². The van der Waals surface area contributed by atoms with Crippen molar-refractivity contribution < 1.29 is 0 Å². The first-order valence-corrected chi connectivity index (χ1v) is 5.05. The van der Waals surface area contributed by atoms with Gasteiger partial charge in [0.25, 0.3) is 0 Å². The highest BCUT2D eigenvalue weighted by molar-refractivity contribution is 5.80. The number of hydrogen-bond donors (Lipinski definition) is 1. The van der Waals surface area contributed by atoms with Gasteiger partial charge in [0.15, 0.2) is 11.5 Å². The lowest BCUT2D eigenvalue weighted by atomic mass is 10.2. The number of nitriles is 1. The molecule has 17 heavy (non-hydrogen) atoms. The average molecular weight is 221 g/mol. The lowest BCUT2D eigenvalue weighted by Gasteiger charge is -1.98. The fourth-order valence-corrected chi connectivity index (χ4v) is 1.62. The second-order valence-electron chi connectivity index (χ2n) is 3.51. The fraction of sp³-hybridized carbons (Fsp3) is 0. The summed E-state index contributed by atoms with van der Waals surface area (Å²) in [7, 11) is 0. The number of fused-ring (bicyclic) bond motifs is 1. The molecular formula is C12H7N5. The molecule has 2 aromatic heterocycles. The predicted molar refractivity (Wildman–Crippen MR) is 61.8 cm³/mol. The molecule has 0 bridgehead atoms. The first-order valence-electron chi connectivity index (χ1n) is 5.05. The molecule has 1 aromatic carbocycles. The Balaban J connectivity index is 2.19.